The van der Waals surface area contributed by atoms with Crippen LogP contribution in [-0.4, -0.2) is 31.7 Å². The Morgan fingerprint density at radius 3 is 2.76 bits per heavy atom. The average Bonchev–Trinajstić information content (AvgIpc) is 2.83. The SMILES string of the molecule is Cc1ccc(C(=O)Nc2ncnn2C)cc1/C=C/C(=O)O. The van der Waals surface area contributed by atoms with Crippen molar-refractivity contribution in [2.75, 3.05) is 5.32 Å². The van der Waals surface area contributed by atoms with Crippen molar-refractivity contribution in [1.29, 1.82) is 0 Å². The molecule has 108 valence electrons. The van der Waals surface area contributed by atoms with Crippen molar-refractivity contribution in [2.45, 2.75) is 6.92 Å². The van der Waals surface area contributed by atoms with E-state index in [0.717, 1.165) is 11.6 Å². The van der Waals surface area contributed by atoms with Crippen LogP contribution >= 0.6 is 0 Å². The first-order valence-corrected chi connectivity index (χ1v) is 6.14. The van der Waals surface area contributed by atoms with Crippen LogP contribution in [0.5, 0.6) is 0 Å². The fourth-order valence-corrected chi connectivity index (χ4v) is 1.71. The van der Waals surface area contributed by atoms with E-state index in [1.165, 1.54) is 17.1 Å². The van der Waals surface area contributed by atoms with Gasteiger partial charge in [0.15, 0.2) is 0 Å². The normalized spacial score (nSPS) is 10.8. The molecule has 1 amide bonds. The molecule has 7 nitrogen and oxygen atoms in total. The molecule has 0 atom stereocenters. The number of aromatic nitrogens is 3. The quantitative estimate of drug-likeness (QED) is 0.830. The fraction of sp³-hybridized carbons (Fsp3) is 0.143. The highest BCUT2D eigenvalue weighted by atomic mass is 16.4. The van der Waals surface area contributed by atoms with Gasteiger partial charge in [0.1, 0.15) is 6.33 Å². The molecule has 1 heterocycles. The number of nitrogens with one attached hydrogen (secondary N) is 1. The summed E-state index contributed by atoms with van der Waals surface area (Å²) >= 11 is 0. The number of benzene rings is 1. The predicted molar refractivity (Wildman–Crippen MR) is 76.8 cm³/mol. The molecule has 0 aliphatic rings. The predicted octanol–water partition coefficient (Wildman–Crippen LogP) is 1.47. The van der Waals surface area contributed by atoms with Crippen LogP contribution in [0.25, 0.3) is 6.08 Å². The Hall–Kier alpha value is -2.96. The number of amides is 1. The topological polar surface area (TPSA) is 97.1 Å². The standard InChI is InChI=1S/C14H14N4O3/c1-9-3-4-11(7-10(9)5-6-12(19)20)13(21)17-14-15-8-16-18(14)2/h3-8H,1-2H3,(H,19,20)(H,15,16,17,21)/b6-5+. The molecule has 0 aliphatic heterocycles. The maximum atomic E-state index is 12.1. The molecule has 0 spiro atoms. The smallest absolute Gasteiger partial charge is 0.328 e. The third kappa shape index (κ3) is 3.53. The van der Waals surface area contributed by atoms with Crippen LogP contribution in [-0.2, 0) is 11.8 Å². The van der Waals surface area contributed by atoms with Crippen LogP contribution < -0.4 is 5.32 Å². The van der Waals surface area contributed by atoms with Gasteiger partial charge in [0, 0.05) is 18.7 Å². The first kappa shape index (κ1) is 14.4. The van der Waals surface area contributed by atoms with Crippen molar-refractivity contribution in [3.05, 3.63) is 47.3 Å². The zero-order valence-corrected chi connectivity index (χ0v) is 11.6. The molecule has 7 heteroatoms. The maximum Gasteiger partial charge on any atom is 0.328 e. The molecule has 0 saturated heterocycles. The van der Waals surface area contributed by atoms with E-state index in [1.807, 2.05) is 6.92 Å². The van der Waals surface area contributed by atoms with Crippen LogP contribution in [0.3, 0.4) is 0 Å². The Morgan fingerprint density at radius 2 is 2.14 bits per heavy atom. The van der Waals surface area contributed by atoms with Crippen LogP contribution in [0.2, 0.25) is 0 Å². The van der Waals surface area contributed by atoms with Crippen molar-refractivity contribution in [2.24, 2.45) is 7.05 Å². The molecule has 2 N–H and O–H groups in total. The molecule has 2 aromatic rings. The van der Waals surface area contributed by atoms with Crippen molar-refractivity contribution >= 4 is 23.9 Å². The number of rotatable bonds is 4. The molecule has 0 unspecified atom stereocenters. The molecule has 1 aromatic carbocycles. The molecular weight excluding hydrogens is 272 g/mol. The van der Waals surface area contributed by atoms with Gasteiger partial charge in [-0.25, -0.2) is 9.48 Å². The van der Waals surface area contributed by atoms with Gasteiger partial charge in [-0.05, 0) is 36.3 Å². The van der Waals surface area contributed by atoms with E-state index in [2.05, 4.69) is 15.4 Å². The number of carboxylic acids is 1. The minimum atomic E-state index is -1.04. The fourth-order valence-electron chi connectivity index (χ4n) is 1.71. The molecular formula is C14H14N4O3. The van der Waals surface area contributed by atoms with Crippen molar-refractivity contribution < 1.29 is 14.7 Å². The lowest BCUT2D eigenvalue weighted by molar-refractivity contribution is -0.131. The minimum Gasteiger partial charge on any atom is -0.478 e. The largest absolute Gasteiger partial charge is 0.478 e. The van der Waals surface area contributed by atoms with Crippen LogP contribution in [0.1, 0.15) is 21.5 Å². The summed E-state index contributed by atoms with van der Waals surface area (Å²) in [5.74, 6) is -1.04. The summed E-state index contributed by atoms with van der Waals surface area (Å²) in [7, 11) is 1.67. The highest BCUT2D eigenvalue weighted by molar-refractivity contribution is 6.03. The number of carbonyl (C=O) groups excluding carboxylic acids is 1. The summed E-state index contributed by atoms with van der Waals surface area (Å²) in [5.41, 5.74) is 1.96. The lowest BCUT2D eigenvalue weighted by atomic mass is 10.0. The maximum absolute atomic E-state index is 12.1. The van der Waals surface area contributed by atoms with E-state index in [0.29, 0.717) is 17.1 Å². The number of carboxylic acid groups (broad SMARTS) is 1. The summed E-state index contributed by atoms with van der Waals surface area (Å²) in [6, 6.07) is 5.05. The molecule has 0 saturated carbocycles. The average molecular weight is 286 g/mol. The molecule has 1 aromatic heterocycles. The number of carbonyl (C=O) groups is 2. The number of hydrogen-bond acceptors (Lipinski definition) is 4. The Bertz CT molecular complexity index is 719. The molecule has 2 rings (SSSR count). The second kappa shape index (κ2) is 6.00. The van der Waals surface area contributed by atoms with Crippen molar-refractivity contribution in [3.63, 3.8) is 0 Å². The van der Waals surface area contributed by atoms with E-state index in [9.17, 15) is 9.59 Å². The lowest BCUT2D eigenvalue weighted by Gasteiger charge is -2.06. The number of aliphatic carboxylic acids is 1. The van der Waals surface area contributed by atoms with Gasteiger partial charge in [-0.1, -0.05) is 6.07 Å². The van der Waals surface area contributed by atoms with E-state index in [1.54, 1.807) is 25.2 Å². The highest BCUT2D eigenvalue weighted by Crippen LogP contribution is 2.14. The van der Waals surface area contributed by atoms with Gasteiger partial charge in [0.25, 0.3) is 5.91 Å². The number of hydrogen-bond donors (Lipinski definition) is 2. The second-order valence-electron chi connectivity index (χ2n) is 4.40. The summed E-state index contributed by atoms with van der Waals surface area (Å²) in [5, 5.41) is 15.1. The third-order valence-corrected chi connectivity index (χ3v) is 2.88. The summed E-state index contributed by atoms with van der Waals surface area (Å²) in [6.07, 6.45) is 3.83. The van der Waals surface area contributed by atoms with Crippen molar-refractivity contribution in [3.8, 4) is 0 Å². The van der Waals surface area contributed by atoms with Gasteiger partial charge in [-0.3, -0.25) is 10.1 Å². The summed E-state index contributed by atoms with van der Waals surface area (Å²) in [4.78, 5) is 26.6. The summed E-state index contributed by atoms with van der Waals surface area (Å²) in [6.45, 7) is 1.84. The van der Waals surface area contributed by atoms with Crippen LogP contribution in [0, 0.1) is 6.92 Å². The number of aryl methyl sites for hydroxylation is 2. The first-order chi connectivity index (χ1) is 9.97. The van der Waals surface area contributed by atoms with Gasteiger partial charge in [0.2, 0.25) is 5.95 Å². The molecule has 0 bridgehead atoms. The second-order valence-corrected chi connectivity index (χ2v) is 4.40. The van der Waals surface area contributed by atoms with Gasteiger partial charge in [-0.2, -0.15) is 10.1 Å². The zero-order valence-electron chi connectivity index (χ0n) is 11.6. The van der Waals surface area contributed by atoms with Gasteiger partial charge < -0.3 is 5.11 Å². The Kier molecular flexibility index (Phi) is 4.13. The number of anilines is 1. The first-order valence-electron chi connectivity index (χ1n) is 6.14. The highest BCUT2D eigenvalue weighted by Gasteiger charge is 2.10. The molecule has 0 aliphatic carbocycles. The zero-order chi connectivity index (χ0) is 15.4. The van der Waals surface area contributed by atoms with E-state index in [4.69, 9.17) is 5.11 Å². The molecule has 0 radical (unpaired) electrons. The van der Waals surface area contributed by atoms with Crippen LogP contribution in [0.15, 0.2) is 30.6 Å². The van der Waals surface area contributed by atoms with Crippen molar-refractivity contribution in [1.82, 2.24) is 14.8 Å². The van der Waals surface area contributed by atoms with Gasteiger partial charge in [0.05, 0.1) is 0 Å². The Morgan fingerprint density at radius 1 is 1.38 bits per heavy atom. The molecule has 0 fully saturated rings. The van der Waals surface area contributed by atoms with E-state index < -0.39 is 5.97 Å². The van der Waals surface area contributed by atoms with E-state index >= 15 is 0 Å². The van der Waals surface area contributed by atoms with Gasteiger partial charge >= 0.3 is 5.97 Å². The lowest BCUT2D eigenvalue weighted by Crippen LogP contribution is -2.15. The monoisotopic (exact) mass is 286 g/mol. The minimum absolute atomic E-state index is 0.336. The summed E-state index contributed by atoms with van der Waals surface area (Å²) < 4.78 is 1.44. The Balaban J connectivity index is 2.24. The molecule has 21 heavy (non-hydrogen) atoms. The van der Waals surface area contributed by atoms with E-state index in [-0.39, 0.29) is 5.91 Å². The number of nitrogens with zero attached hydrogens (tertiary/aromatic N) is 3. The Labute approximate surface area is 120 Å². The third-order valence-electron chi connectivity index (χ3n) is 2.88. The van der Waals surface area contributed by atoms with Crippen LogP contribution in [0.4, 0.5) is 5.95 Å². The van der Waals surface area contributed by atoms with Gasteiger partial charge in [-0.15, -0.1) is 0 Å².